The molecule has 90 valence electrons. The Morgan fingerprint density at radius 1 is 1.17 bits per heavy atom. The number of nitrogens with zero attached hydrogens (tertiary/aromatic N) is 1. The Balaban J connectivity index is 2.16. The SMILES string of the molecule is Nc1cc2oc(-c3ccc(F)cc3)nc2cc1Cl. The number of nitrogen functional groups attached to an aromatic ring is 1. The predicted octanol–water partition coefficient (Wildman–Crippen LogP) is 3.87. The second-order valence-electron chi connectivity index (χ2n) is 3.87. The number of aromatic nitrogens is 1. The average molecular weight is 263 g/mol. The van der Waals surface area contributed by atoms with Crippen LogP contribution in [-0.2, 0) is 0 Å². The Bertz CT molecular complexity index is 683. The molecule has 3 nitrogen and oxygen atoms in total. The van der Waals surface area contributed by atoms with Gasteiger partial charge in [-0.25, -0.2) is 9.37 Å². The smallest absolute Gasteiger partial charge is 0.227 e. The lowest BCUT2D eigenvalue weighted by Crippen LogP contribution is -1.84. The molecule has 0 saturated heterocycles. The lowest BCUT2D eigenvalue weighted by atomic mass is 10.2. The Morgan fingerprint density at radius 3 is 2.61 bits per heavy atom. The molecule has 2 aromatic carbocycles. The van der Waals surface area contributed by atoms with E-state index in [-0.39, 0.29) is 5.82 Å². The van der Waals surface area contributed by atoms with Crippen molar-refractivity contribution in [3.8, 4) is 11.5 Å². The topological polar surface area (TPSA) is 52.0 Å². The molecule has 0 fully saturated rings. The summed E-state index contributed by atoms with van der Waals surface area (Å²) in [5.74, 6) is 0.105. The van der Waals surface area contributed by atoms with Gasteiger partial charge < -0.3 is 10.2 Å². The lowest BCUT2D eigenvalue weighted by molar-refractivity contribution is 0.616. The van der Waals surface area contributed by atoms with E-state index < -0.39 is 0 Å². The van der Waals surface area contributed by atoms with E-state index >= 15 is 0 Å². The Kier molecular flexibility index (Phi) is 2.45. The van der Waals surface area contributed by atoms with Crippen LogP contribution in [0, 0.1) is 5.82 Å². The van der Waals surface area contributed by atoms with Gasteiger partial charge in [0.2, 0.25) is 5.89 Å². The third-order valence-electron chi connectivity index (χ3n) is 2.60. The first-order valence-electron chi connectivity index (χ1n) is 5.25. The fourth-order valence-corrected chi connectivity index (χ4v) is 1.84. The van der Waals surface area contributed by atoms with Gasteiger partial charge in [-0.1, -0.05) is 11.6 Å². The van der Waals surface area contributed by atoms with Crippen molar-refractivity contribution in [2.75, 3.05) is 5.73 Å². The first-order chi connectivity index (χ1) is 8.63. The fourth-order valence-electron chi connectivity index (χ4n) is 1.68. The molecule has 1 heterocycles. The highest BCUT2D eigenvalue weighted by Gasteiger charge is 2.10. The number of fused-ring (bicyclic) bond motifs is 1. The summed E-state index contributed by atoms with van der Waals surface area (Å²) in [7, 11) is 0. The molecule has 18 heavy (non-hydrogen) atoms. The summed E-state index contributed by atoms with van der Waals surface area (Å²) in [4.78, 5) is 4.29. The second-order valence-corrected chi connectivity index (χ2v) is 4.27. The largest absolute Gasteiger partial charge is 0.436 e. The molecular formula is C13H8ClFN2O. The molecule has 1 aromatic heterocycles. The van der Waals surface area contributed by atoms with Crippen LogP contribution in [0.1, 0.15) is 0 Å². The van der Waals surface area contributed by atoms with Crippen LogP contribution in [0.4, 0.5) is 10.1 Å². The van der Waals surface area contributed by atoms with Crippen molar-refractivity contribution < 1.29 is 8.81 Å². The summed E-state index contributed by atoms with van der Waals surface area (Å²) in [6, 6.07) is 9.17. The van der Waals surface area contributed by atoms with Crippen molar-refractivity contribution >= 4 is 28.4 Å². The Hall–Kier alpha value is -2.07. The fraction of sp³-hybridized carbons (Fsp3) is 0. The van der Waals surface area contributed by atoms with Gasteiger partial charge in [-0.15, -0.1) is 0 Å². The number of hydrogen-bond acceptors (Lipinski definition) is 3. The molecule has 0 aliphatic carbocycles. The summed E-state index contributed by atoms with van der Waals surface area (Å²) in [6.45, 7) is 0. The standard InChI is InChI=1S/C13H8ClFN2O/c14-9-5-11-12(6-10(9)16)18-13(17-11)7-1-3-8(15)4-2-7/h1-6H,16H2. The third kappa shape index (κ3) is 1.80. The lowest BCUT2D eigenvalue weighted by Gasteiger charge is -1.94. The highest BCUT2D eigenvalue weighted by Crippen LogP contribution is 2.29. The molecule has 0 aliphatic rings. The van der Waals surface area contributed by atoms with Crippen LogP contribution in [0.3, 0.4) is 0 Å². The Labute approximate surface area is 107 Å². The molecule has 2 N–H and O–H groups in total. The first-order valence-corrected chi connectivity index (χ1v) is 5.63. The third-order valence-corrected chi connectivity index (χ3v) is 2.93. The van der Waals surface area contributed by atoms with Gasteiger partial charge in [-0.2, -0.15) is 0 Å². The molecule has 3 aromatic rings. The zero-order valence-corrected chi connectivity index (χ0v) is 9.91. The van der Waals surface area contributed by atoms with Crippen LogP contribution in [0.25, 0.3) is 22.6 Å². The van der Waals surface area contributed by atoms with Crippen LogP contribution in [0.15, 0.2) is 40.8 Å². The van der Waals surface area contributed by atoms with Gasteiger partial charge in [0.25, 0.3) is 0 Å². The van der Waals surface area contributed by atoms with E-state index in [1.54, 1.807) is 24.3 Å². The van der Waals surface area contributed by atoms with Gasteiger partial charge in [0.15, 0.2) is 5.58 Å². The Morgan fingerprint density at radius 2 is 1.89 bits per heavy atom. The maximum atomic E-state index is 12.8. The van der Waals surface area contributed by atoms with Crippen molar-refractivity contribution in [3.63, 3.8) is 0 Å². The van der Waals surface area contributed by atoms with Crippen LogP contribution in [0.5, 0.6) is 0 Å². The average Bonchev–Trinajstić information content (AvgIpc) is 2.73. The summed E-state index contributed by atoms with van der Waals surface area (Å²) in [5.41, 5.74) is 7.99. The number of anilines is 1. The first kappa shape index (κ1) is 11.0. The van der Waals surface area contributed by atoms with Gasteiger partial charge in [-0.05, 0) is 30.3 Å². The zero-order chi connectivity index (χ0) is 12.7. The molecule has 0 aliphatic heterocycles. The van der Waals surface area contributed by atoms with E-state index in [1.165, 1.54) is 12.1 Å². The quantitative estimate of drug-likeness (QED) is 0.677. The van der Waals surface area contributed by atoms with Crippen molar-refractivity contribution in [2.45, 2.75) is 0 Å². The molecule has 0 bridgehead atoms. The van der Waals surface area contributed by atoms with Crippen molar-refractivity contribution in [3.05, 3.63) is 47.2 Å². The summed E-state index contributed by atoms with van der Waals surface area (Å²) in [6.07, 6.45) is 0. The molecule has 0 atom stereocenters. The molecule has 0 saturated carbocycles. The van der Waals surface area contributed by atoms with E-state index in [9.17, 15) is 4.39 Å². The van der Waals surface area contributed by atoms with Gasteiger partial charge in [0, 0.05) is 11.6 Å². The van der Waals surface area contributed by atoms with E-state index in [4.69, 9.17) is 21.8 Å². The summed E-state index contributed by atoms with van der Waals surface area (Å²) in [5, 5.41) is 0.432. The molecule has 0 amide bonds. The van der Waals surface area contributed by atoms with Gasteiger partial charge in [-0.3, -0.25) is 0 Å². The van der Waals surface area contributed by atoms with Crippen LogP contribution >= 0.6 is 11.6 Å². The maximum Gasteiger partial charge on any atom is 0.227 e. The monoisotopic (exact) mass is 262 g/mol. The van der Waals surface area contributed by atoms with Crippen LogP contribution in [0.2, 0.25) is 5.02 Å². The normalized spacial score (nSPS) is 11.0. The van der Waals surface area contributed by atoms with Crippen LogP contribution < -0.4 is 5.73 Å². The maximum absolute atomic E-state index is 12.8. The minimum absolute atomic E-state index is 0.304. The van der Waals surface area contributed by atoms with Crippen molar-refractivity contribution in [1.82, 2.24) is 4.98 Å². The van der Waals surface area contributed by atoms with Gasteiger partial charge in [0.05, 0.1) is 10.7 Å². The van der Waals surface area contributed by atoms with Gasteiger partial charge in [0.1, 0.15) is 11.3 Å². The predicted molar refractivity (Wildman–Crippen MR) is 68.8 cm³/mol. The number of rotatable bonds is 1. The van der Waals surface area contributed by atoms with E-state index in [0.717, 1.165) is 0 Å². The minimum Gasteiger partial charge on any atom is -0.436 e. The van der Waals surface area contributed by atoms with Crippen LogP contribution in [-0.4, -0.2) is 4.98 Å². The summed E-state index contributed by atoms with van der Waals surface area (Å²) < 4.78 is 18.4. The van der Waals surface area contributed by atoms with Crippen molar-refractivity contribution in [1.29, 1.82) is 0 Å². The molecule has 3 rings (SSSR count). The number of hydrogen-bond donors (Lipinski definition) is 1. The zero-order valence-electron chi connectivity index (χ0n) is 9.15. The van der Waals surface area contributed by atoms with E-state index in [0.29, 0.717) is 33.3 Å². The number of halogens is 2. The highest BCUT2D eigenvalue weighted by atomic mass is 35.5. The number of benzene rings is 2. The molecule has 0 radical (unpaired) electrons. The van der Waals surface area contributed by atoms with Crippen molar-refractivity contribution in [2.24, 2.45) is 0 Å². The minimum atomic E-state index is -0.304. The number of nitrogens with two attached hydrogens (primary N) is 1. The molecule has 0 unspecified atom stereocenters. The molecule has 5 heteroatoms. The van der Waals surface area contributed by atoms with Gasteiger partial charge >= 0.3 is 0 Å². The number of oxazole rings is 1. The van der Waals surface area contributed by atoms with E-state index in [2.05, 4.69) is 4.98 Å². The second kappa shape index (κ2) is 3.99. The van der Waals surface area contributed by atoms with E-state index in [1.807, 2.05) is 0 Å². The molecular weight excluding hydrogens is 255 g/mol. The highest BCUT2D eigenvalue weighted by molar-refractivity contribution is 6.33. The molecule has 0 spiro atoms. The summed E-state index contributed by atoms with van der Waals surface area (Å²) >= 11 is 5.91.